The summed E-state index contributed by atoms with van der Waals surface area (Å²) in [4.78, 5) is 217. The number of pyridine rings is 2. The third kappa shape index (κ3) is 26.1. The van der Waals surface area contributed by atoms with Crippen LogP contribution in [-0.4, -0.2) is 333 Å². The van der Waals surface area contributed by atoms with Crippen LogP contribution >= 0.6 is 0 Å². The molecule has 0 bridgehead atoms. The van der Waals surface area contributed by atoms with E-state index in [1.54, 1.807) is 72.8 Å². The van der Waals surface area contributed by atoms with Crippen molar-refractivity contribution in [2.75, 3.05) is 186 Å². The summed E-state index contributed by atoms with van der Waals surface area (Å²) in [7, 11) is 0. The van der Waals surface area contributed by atoms with Crippen molar-refractivity contribution in [2.24, 2.45) is 0 Å². The molecular formula is C95H98F6N24O24. The molecule has 54 heteroatoms. The first-order chi connectivity index (χ1) is 71.4. The largest absolute Gasteiger partial charge is 0.444 e. The standard InChI is InChI=1S/C50H53F3N12O13.C45H45F3N12O11/c1-49(2,3)78-48(74)63(28-50(51,52)53)37-25-30(13-14-55-37)44-58-35(27-77-44)42(69)57-34-26-64(60-40(34)62-18-17-61(19-20-66)47(62)73)31-9-7-29(8-10-31)41(68)56-16-22-76-24-23-75-21-15-54-33-6-4-5-32-39(33)46(72)65(45(32)71)36-11-12-38(67)59-43(36)70;46-45(47,48)25-52-34-22-27(10-11-50-34)41-54-32(24-71-41)39(64)53-31-23-59(56-37(31)58-15-14-57(16-17-61)44(58)68)28-6-4-26(5-7-28)38(63)51-13-19-70-21-20-69-18-12-49-30-3-1-2-29-36(30)43(67)60(42(29)66)33-8-9-35(62)55-40(33)65/h4-10,13-14,25-27,36,54,66H,11-12,15-24,28H2,1-3H3,(H,56,68)(H,57,69)(H,59,67,70);1-7,10-11,22-24,33,49,61H,8-9,12-21,25H2,(H,50,52)(H,51,63)(H,53,64)(H,55,62,65). The van der Waals surface area contributed by atoms with E-state index in [0.29, 0.717) is 38.8 Å². The number of nitrogens with one attached hydrogen (secondary N) is 9. The number of urea groups is 2. The summed E-state index contributed by atoms with van der Waals surface area (Å²) in [6.07, 6.45) is -3.10. The maximum absolute atomic E-state index is 13.7. The zero-order chi connectivity index (χ0) is 106. The normalized spacial score (nSPS) is 15.8. The van der Waals surface area contributed by atoms with Gasteiger partial charge in [-0.15, -0.1) is 10.2 Å². The van der Waals surface area contributed by atoms with Crippen LogP contribution in [0.15, 0.2) is 155 Å². The van der Waals surface area contributed by atoms with Gasteiger partial charge in [0.05, 0.1) is 112 Å². The molecule has 48 nitrogen and oxygen atoms in total. The van der Waals surface area contributed by atoms with Gasteiger partial charge in [-0.3, -0.25) is 92.7 Å². The molecule has 0 spiro atoms. The quantitative estimate of drug-likeness (QED) is 0.0108. The second-order valence-corrected chi connectivity index (χ2v) is 34.6. The van der Waals surface area contributed by atoms with Gasteiger partial charge >= 0.3 is 30.5 Å². The van der Waals surface area contributed by atoms with Gasteiger partial charge in [-0.25, -0.2) is 43.7 Å². The molecule has 784 valence electrons. The molecule has 6 aliphatic rings. The van der Waals surface area contributed by atoms with E-state index in [4.69, 9.17) is 32.5 Å². The summed E-state index contributed by atoms with van der Waals surface area (Å²) >= 11 is 0. The second kappa shape index (κ2) is 47.0. The number of oxazole rings is 2. The monoisotopic (exact) mass is 2070 g/mol. The lowest BCUT2D eigenvalue weighted by Gasteiger charge is -2.27. The summed E-state index contributed by atoms with van der Waals surface area (Å²) in [5.41, 5.74) is 1.82. The molecule has 10 aromatic rings. The highest BCUT2D eigenvalue weighted by Gasteiger charge is 2.49. The third-order valence-corrected chi connectivity index (χ3v) is 23.2. The van der Waals surface area contributed by atoms with Crippen molar-refractivity contribution >= 4 is 135 Å². The lowest BCUT2D eigenvalue weighted by molar-refractivity contribution is -0.137. The molecule has 4 saturated heterocycles. The van der Waals surface area contributed by atoms with Gasteiger partial charge in [0.15, 0.2) is 23.0 Å². The van der Waals surface area contributed by atoms with E-state index in [2.05, 4.69) is 78.0 Å². The molecule has 6 aromatic heterocycles. The lowest BCUT2D eigenvalue weighted by Crippen LogP contribution is -2.54. The maximum atomic E-state index is 13.7. The van der Waals surface area contributed by atoms with Crippen LogP contribution in [0.3, 0.4) is 0 Å². The number of β-amino-alcohol motifs (C(OH)–C–C–N with tert-alkyl or cyclic N) is 2. The Morgan fingerprint density at radius 2 is 0.919 bits per heavy atom. The Morgan fingerprint density at radius 3 is 1.34 bits per heavy atom. The number of ether oxygens (including phenoxy) is 5. The molecule has 12 heterocycles. The minimum atomic E-state index is -4.81. The summed E-state index contributed by atoms with van der Waals surface area (Å²) in [5, 5.41) is 51.8. The predicted octanol–water partition coefficient (Wildman–Crippen LogP) is 6.65. The van der Waals surface area contributed by atoms with Gasteiger partial charge in [0.1, 0.15) is 66.3 Å². The van der Waals surface area contributed by atoms with Crippen LogP contribution in [0.2, 0.25) is 0 Å². The first-order valence-corrected chi connectivity index (χ1v) is 46.5. The third-order valence-electron chi connectivity index (χ3n) is 23.2. The Morgan fingerprint density at radius 1 is 0.490 bits per heavy atom. The van der Waals surface area contributed by atoms with Crippen LogP contribution in [0.1, 0.15) is 130 Å². The average Bonchev–Trinajstić information content (AvgIpc) is 1.60. The molecule has 11 N–H and O–H groups in total. The Hall–Kier alpha value is -17.0. The number of rotatable bonds is 42. The summed E-state index contributed by atoms with van der Waals surface area (Å²) < 4.78 is 120. The molecule has 16 rings (SSSR count). The van der Waals surface area contributed by atoms with Crippen molar-refractivity contribution in [3.8, 4) is 34.3 Å². The number of carbonyl (C=O) groups is 15. The number of halogens is 6. The molecule has 17 amide bonds. The molecule has 149 heavy (non-hydrogen) atoms. The number of alkyl halides is 6. The van der Waals surface area contributed by atoms with Crippen molar-refractivity contribution < 1.29 is 141 Å². The van der Waals surface area contributed by atoms with E-state index in [-0.39, 0.29) is 248 Å². The van der Waals surface area contributed by atoms with Gasteiger partial charge in [-0.2, -0.15) is 26.3 Å². The van der Waals surface area contributed by atoms with E-state index in [1.165, 1.54) is 98.7 Å². The average molecular weight is 2070 g/mol. The Balaban J connectivity index is 0.000000224. The second-order valence-electron chi connectivity index (χ2n) is 34.6. The Kier molecular flexibility index (Phi) is 33.5. The van der Waals surface area contributed by atoms with Crippen LogP contribution in [0, 0.1) is 0 Å². The van der Waals surface area contributed by atoms with Crippen molar-refractivity contribution in [1.29, 1.82) is 0 Å². The van der Waals surface area contributed by atoms with Gasteiger partial charge < -0.3 is 89.7 Å². The highest BCUT2D eigenvalue weighted by Crippen LogP contribution is 2.39. The number of aromatic nitrogens is 8. The number of piperidine rings is 2. The van der Waals surface area contributed by atoms with E-state index in [1.807, 2.05) is 0 Å². The van der Waals surface area contributed by atoms with E-state index < -0.39 is 132 Å². The molecule has 6 aliphatic heterocycles. The van der Waals surface area contributed by atoms with Crippen molar-refractivity contribution in [1.82, 2.24) is 80.4 Å². The fraction of sp³-hybridized carbons (Fsp3) is 0.358. The van der Waals surface area contributed by atoms with Crippen LogP contribution in [-0.2, 0) is 42.9 Å². The number of aliphatic hydroxyl groups is 2. The van der Waals surface area contributed by atoms with E-state index in [0.717, 1.165) is 34.6 Å². The Labute approximate surface area is 840 Å². The van der Waals surface area contributed by atoms with Crippen LogP contribution in [0.5, 0.6) is 0 Å². The fourth-order valence-electron chi connectivity index (χ4n) is 16.2. The number of hydrogen-bond donors (Lipinski definition) is 11. The molecule has 2 atom stereocenters. The summed E-state index contributed by atoms with van der Waals surface area (Å²) in [6, 6.07) is 24.2. The number of anilines is 8. The van der Waals surface area contributed by atoms with Crippen LogP contribution in [0.4, 0.5) is 86.7 Å². The van der Waals surface area contributed by atoms with Gasteiger partial charge in [-0.05, 0) is 131 Å². The minimum Gasteiger partial charge on any atom is -0.444 e. The molecule has 0 saturated carbocycles. The van der Waals surface area contributed by atoms with Gasteiger partial charge in [0.2, 0.25) is 35.4 Å². The van der Waals surface area contributed by atoms with Crippen LogP contribution in [0.25, 0.3) is 34.3 Å². The zero-order valence-electron chi connectivity index (χ0n) is 79.7. The smallest absolute Gasteiger partial charge is 0.416 e. The van der Waals surface area contributed by atoms with E-state index in [9.17, 15) is 108 Å². The van der Waals surface area contributed by atoms with Gasteiger partial charge in [-0.1, -0.05) is 12.1 Å². The van der Waals surface area contributed by atoms with Crippen molar-refractivity contribution in [2.45, 2.75) is 76.5 Å². The SMILES string of the molecule is CC(C)(C)OC(=O)N(CC(F)(F)F)c1cc(-c2nc(C(=O)Nc3cn(-c4ccc(C(=O)NCCOCCOCCNc5cccc6c5C(=O)N(C5CCC(=O)NC5=O)C6=O)cc4)nc3N3CCN(CCO)C3=O)co2)ccn1.O=C1CCC(N2C(=O)c3cccc(NCCOCCOCCNC(=O)c4ccc(-n5cc(NC(=O)c6coc(-c7ccnc(NCC(F)(F)F)c7)n6)c(N6CCN(CCO)C6=O)n5)cc4)c3C2=O)C(=O)N1. The summed E-state index contributed by atoms with van der Waals surface area (Å²) in [6.45, 7) is 4.49. The van der Waals surface area contributed by atoms with Gasteiger partial charge in [0.25, 0.3) is 47.3 Å². The number of nitrogens with zero attached hydrogens (tertiary/aromatic N) is 15. The maximum Gasteiger partial charge on any atom is 0.416 e. The number of imide groups is 4. The van der Waals surface area contributed by atoms with E-state index >= 15 is 0 Å². The number of fused-ring (bicyclic) bond motifs is 2. The number of hydrogen-bond acceptors (Lipinski definition) is 33. The number of benzene rings is 4. The molecule has 4 aromatic carbocycles. The first-order valence-electron chi connectivity index (χ1n) is 46.5. The highest BCUT2D eigenvalue weighted by atomic mass is 19.4. The molecule has 0 radical (unpaired) electrons. The Bertz CT molecular complexity index is 6730. The minimum absolute atomic E-state index is 0.0121. The lowest BCUT2D eigenvalue weighted by atomic mass is 10.0. The highest BCUT2D eigenvalue weighted by molar-refractivity contribution is 6.27. The van der Waals surface area contributed by atoms with Crippen molar-refractivity contribution in [3.05, 3.63) is 191 Å². The zero-order valence-corrected chi connectivity index (χ0v) is 79.7. The van der Waals surface area contributed by atoms with Crippen LogP contribution < -0.4 is 62.6 Å². The molecule has 0 aliphatic carbocycles. The fourth-order valence-corrected chi connectivity index (χ4v) is 16.2. The first kappa shape index (κ1) is 106. The molecule has 2 unspecified atom stereocenters. The molecule has 4 fully saturated rings. The van der Waals surface area contributed by atoms with Crippen molar-refractivity contribution in [3.63, 3.8) is 0 Å². The number of aliphatic hydroxyl groups excluding tert-OH is 2. The topological polar surface area (TPSA) is 587 Å². The molecular weight excluding hydrogens is 1980 g/mol. The number of carbonyl (C=O) groups excluding carboxylic acids is 15. The summed E-state index contributed by atoms with van der Waals surface area (Å²) in [5.74, 6) is -7.78. The van der Waals surface area contributed by atoms with Gasteiger partial charge in [0, 0.05) is 124 Å². The number of amides is 17. The predicted molar refractivity (Wildman–Crippen MR) is 511 cm³/mol.